The monoisotopic (exact) mass is 354 g/mol. The van der Waals surface area contributed by atoms with Crippen molar-refractivity contribution in [1.82, 2.24) is 14.5 Å². The number of hydrogen-bond donors (Lipinski definition) is 0. The Balaban J connectivity index is 1.86. The molecule has 3 rings (SSSR count). The fourth-order valence-corrected chi connectivity index (χ4v) is 3.10. The van der Waals surface area contributed by atoms with Crippen molar-refractivity contribution in [2.75, 3.05) is 6.54 Å². The van der Waals surface area contributed by atoms with Crippen LogP contribution in [0, 0.1) is 11.3 Å². The molecule has 1 aromatic heterocycles. The summed E-state index contributed by atoms with van der Waals surface area (Å²) in [6, 6.07) is 16.4. The van der Waals surface area contributed by atoms with Crippen LogP contribution in [-0.2, 0) is 13.1 Å². The summed E-state index contributed by atoms with van der Waals surface area (Å²) in [5, 5.41) is 8.90. The fraction of sp³-hybridized carbons (Fsp3) is 0.300. The van der Waals surface area contributed by atoms with E-state index in [1.807, 2.05) is 12.1 Å². The van der Waals surface area contributed by atoms with Crippen molar-refractivity contribution in [3.63, 3.8) is 0 Å². The quantitative estimate of drug-likeness (QED) is 0.617. The zero-order valence-electron chi connectivity index (χ0n) is 14.6. The van der Waals surface area contributed by atoms with Crippen molar-refractivity contribution in [2.24, 2.45) is 0 Å². The van der Waals surface area contributed by atoms with Crippen LogP contribution in [0.25, 0.3) is 11.0 Å². The maximum atomic E-state index is 13.6. The summed E-state index contributed by atoms with van der Waals surface area (Å²) in [7, 11) is 0. The number of aromatic nitrogens is 2. The minimum absolute atomic E-state index is 0.340. The molecule has 0 fully saturated rings. The summed E-state index contributed by atoms with van der Waals surface area (Å²) in [6.45, 7) is 1.16. The molecule has 0 aliphatic carbocycles. The number of nitrogens with zero attached hydrogens (tertiary/aromatic N) is 4. The van der Waals surface area contributed by atoms with Crippen LogP contribution in [0.1, 0.15) is 36.8 Å². The highest BCUT2D eigenvalue weighted by Crippen LogP contribution is 2.24. The molecule has 0 saturated heterocycles. The first-order valence-electron chi connectivity index (χ1n) is 8.57. The Morgan fingerprint density at radius 2 is 1.85 bits per heavy atom. The summed E-state index contributed by atoms with van der Waals surface area (Å²) in [5.74, 6) is 0.364. The molecular weight excluding hydrogens is 334 g/mol. The number of para-hydroxylation sites is 2. The number of imidazole rings is 1. The van der Waals surface area contributed by atoms with E-state index < -0.39 is 6.55 Å². The van der Waals surface area contributed by atoms with Crippen LogP contribution in [0.3, 0.4) is 0 Å². The molecule has 0 bridgehead atoms. The maximum Gasteiger partial charge on any atom is 0.320 e. The first-order valence-corrected chi connectivity index (χ1v) is 8.57. The smallest absolute Gasteiger partial charge is 0.292 e. The van der Waals surface area contributed by atoms with E-state index in [2.05, 4.69) is 22.9 Å². The van der Waals surface area contributed by atoms with Gasteiger partial charge in [0.25, 0.3) is 0 Å². The van der Waals surface area contributed by atoms with Crippen molar-refractivity contribution in [3.8, 4) is 6.07 Å². The van der Waals surface area contributed by atoms with Gasteiger partial charge in [-0.15, -0.1) is 0 Å². The molecule has 0 amide bonds. The number of benzene rings is 2. The highest BCUT2D eigenvalue weighted by atomic mass is 19.3. The van der Waals surface area contributed by atoms with Gasteiger partial charge in [0.1, 0.15) is 5.82 Å². The minimum atomic E-state index is -2.63. The molecule has 0 radical (unpaired) electrons. The van der Waals surface area contributed by atoms with Crippen molar-refractivity contribution in [1.29, 1.82) is 5.26 Å². The van der Waals surface area contributed by atoms with Gasteiger partial charge in [-0.25, -0.2) is 4.98 Å². The summed E-state index contributed by atoms with van der Waals surface area (Å²) in [5.41, 5.74) is 2.68. The normalized spacial score (nSPS) is 11.4. The molecule has 0 atom stereocenters. The largest absolute Gasteiger partial charge is 0.320 e. The van der Waals surface area contributed by atoms with Gasteiger partial charge in [-0.1, -0.05) is 31.2 Å². The lowest BCUT2D eigenvalue weighted by Crippen LogP contribution is -2.25. The van der Waals surface area contributed by atoms with Gasteiger partial charge in [0.2, 0.25) is 0 Å². The topological polar surface area (TPSA) is 44.9 Å². The number of fused-ring (bicyclic) bond motifs is 1. The Morgan fingerprint density at radius 3 is 2.50 bits per heavy atom. The van der Waals surface area contributed by atoms with Crippen LogP contribution in [0.4, 0.5) is 8.78 Å². The molecule has 134 valence electrons. The first-order chi connectivity index (χ1) is 12.6. The SMILES string of the molecule is CCCN(Cc1ccc(C#N)cc1)Cc1nc2ccccc2n1C(F)F. The van der Waals surface area contributed by atoms with Crippen LogP contribution in [0.15, 0.2) is 48.5 Å². The predicted molar refractivity (Wildman–Crippen MR) is 96.5 cm³/mol. The molecular formula is C20H20F2N4. The van der Waals surface area contributed by atoms with E-state index in [1.54, 1.807) is 36.4 Å². The number of halogens is 2. The molecule has 3 aromatic rings. The van der Waals surface area contributed by atoms with Crippen LogP contribution in [-0.4, -0.2) is 21.0 Å². The van der Waals surface area contributed by atoms with Gasteiger partial charge in [0, 0.05) is 6.54 Å². The lowest BCUT2D eigenvalue weighted by atomic mass is 10.1. The Kier molecular flexibility index (Phi) is 5.59. The van der Waals surface area contributed by atoms with Crippen LogP contribution < -0.4 is 0 Å². The molecule has 4 nitrogen and oxygen atoms in total. The molecule has 0 aliphatic heterocycles. The van der Waals surface area contributed by atoms with E-state index in [4.69, 9.17) is 5.26 Å². The maximum absolute atomic E-state index is 13.6. The fourth-order valence-electron chi connectivity index (χ4n) is 3.10. The average Bonchev–Trinajstić information content (AvgIpc) is 3.00. The summed E-state index contributed by atoms with van der Waals surface area (Å²) in [6.07, 6.45) is 0.908. The molecule has 2 aromatic carbocycles. The van der Waals surface area contributed by atoms with E-state index in [9.17, 15) is 8.78 Å². The molecule has 0 saturated carbocycles. The van der Waals surface area contributed by atoms with Crippen LogP contribution in [0.2, 0.25) is 0 Å². The van der Waals surface area contributed by atoms with Crippen molar-refractivity contribution in [3.05, 3.63) is 65.5 Å². The van der Waals surface area contributed by atoms with Crippen molar-refractivity contribution < 1.29 is 8.78 Å². The number of nitriles is 1. The number of rotatable bonds is 7. The Hall–Kier alpha value is -2.78. The molecule has 6 heteroatoms. The second-order valence-electron chi connectivity index (χ2n) is 6.18. The van der Waals surface area contributed by atoms with Crippen molar-refractivity contribution >= 4 is 11.0 Å². The van der Waals surface area contributed by atoms with E-state index in [0.29, 0.717) is 35.5 Å². The summed E-state index contributed by atoms with van der Waals surface area (Å²) in [4.78, 5) is 6.52. The molecule has 1 heterocycles. The number of hydrogen-bond acceptors (Lipinski definition) is 3. The third-order valence-corrected chi connectivity index (χ3v) is 4.26. The van der Waals surface area contributed by atoms with Gasteiger partial charge < -0.3 is 0 Å². The second-order valence-corrected chi connectivity index (χ2v) is 6.18. The third kappa shape index (κ3) is 3.89. The second kappa shape index (κ2) is 8.07. The van der Waals surface area contributed by atoms with Crippen LogP contribution >= 0.6 is 0 Å². The van der Waals surface area contributed by atoms with Crippen LogP contribution in [0.5, 0.6) is 0 Å². The van der Waals surface area contributed by atoms with E-state index in [1.165, 1.54) is 0 Å². The van der Waals surface area contributed by atoms with E-state index >= 15 is 0 Å². The Bertz CT molecular complexity index is 910. The van der Waals surface area contributed by atoms with Gasteiger partial charge >= 0.3 is 6.55 Å². The standard InChI is InChI=1S/C20H20F2N4/c1-2-11-25(13-16-9-7-15(12-23)8-10-16)14-19-24-17-5-3-4-6-18(17)26(19)20(21)22/h3-10,20H,2,11,13-14H2,1H3. The lowest BCUT2D eigenvalue weighted by Gasteiger charge is -2.22. The van der Waals surface area contributed by atoms with E-state index in [0.717, 1.165) is 23.1 Å². The van der Waals surface area contributed by atoms with Gasteiger partial charge in [-0.2, -0.15) is 14.0 Å². The zero-order valence-corrected chi connectivity index (χ0v) is 14.6. The van der Waals surface area contributed by atoms with Gasteiger partial charge in [-0.3, -0.25) is 9.47 Å². The summed E-state index contributed by atoms with van der Waals surface area (Å²) >= 11 is 0. The molecule has 0 N–H and O–H groups in total. The average molecular weight is 354 g/mol. The molecule has 0 unspecified atom stereocenters. The molecule has 26 heavy (non-hydrogen) atoms. The van der Waals surface area contributed by atoms with Gasteiger partial charge in [0.15, 0.2) is 0 Å². The number of alkyl halides is 2. The van der Waals surface area contributed by atoms with Gasteiger partial charge in [-0.05, 0) is 42.8 Å². The Labute approximate surface area is 151 Å². The molecule has 0 aliphatic rings. The highest BCUT2D eigenvalue weighted by Gasteiger charge is 2.19. The van der Waals surface area contributed by atoms with E-state index in [-0.39, 0.29) is 0 Å². The molecule has 0 spiro atoms. The lowest BCUT2D eigenvalue weighted by molar-refractivity contribution is 0.0681. The third-order valence-electron chi connectivity index (χ3n) is 4.26. The Morgan fingerprint density at radius 1 is 1.12 bits per heavy atom. The minimum Gasteiger partial charge on any atom is -0.292 e. The first kappa shape index (κ1) is 18.0. The zero-order chi connectivity index (χ0) is 18.5. The highest BCUT2D eigenvalue weighted by molar-refractivity contribution is 5.75. The van der Waals surface area contributed by atoms with Gasteiger partial charge in [0.05, 0.1) is 29.2 Å². The van der Waals surface area contributed by atoms with Crippen molar-refractivity contribution in [2.45, 2.75) is 33.0 Å². The predicted octanol–water partition coefficient (Wildman–Crippen LogP) is 4.72. The summed E-state index contributed by atoms with van der Waals surface area (Å²) < 4.78 is 28.2.